The molecule has 0 radical (unpaired) electrons. The van der Waals surface area contributed by atoms with Crippen molar-refractivity contribution in [3.8, 4) is 0 Å². The summed E-state index contributed by atoms with van der Waals surface area (Å²) in [6, 6.07) is 2.14. The van der Waals surface area contributed by atoms with E-state index < -0.39 is 0 Å². The molecule has 2 aromatic rings. The lowest BCUT2D eigenvalue weighted by Crippen LogP contribution is -2.39. The van der Waals surface area contributed by atoms with E-state index >= 15 is 0 Å². The molecule has 0 saturated carbocycles. The van der Waals surface area contributed by atoms with Crippen molar-refractivity contribution in [2.75, 3.05) is 18.0 Å². The minimum atomic E-state index is -0.253. The van der Waals surface area contributed by atoms with E-state index in [2.05, 4.69) is 27.0 Å². The fraction of sp³-hybridized carbons (Fsp3) is 0.583. The summed E-state index contributed by atoms with van der Waals surface area (Å²) in [6.07, 6.45) is 1.11. The van der Waals surface area contributed by atoms with Gasteiger partial charge in [0.1, 0.15) is 11.6 Å². The number of aromatic amines is 1. The van der Waals surface area contributed by atoms with Crippen LogP contribution in [0.3, 0.4) is 0 Å². The number of hydrogen-bond acceptors (Lipinski definition) is 5. The average Bonchev–Trinajstić information content (AvgIpc) is 2.93. The Labute approximate surface area is 110 Å². The van der Waals surface area contributed by atoms with Gasteiger partial charge in [0, 0.05) is 25.2 Å². The van der Waals surface area contributed by atoms with Crippen LogP contribution in [0.15, 0.2) is 10.9 Å². The van der Waals surface area contributed by atoms with Crippen molar-refractivity contribution >= 4 is 11.5 Å². The van der Waals surface area contributed by atoms with Crippen LogP contribution in [-0.4, -0.2) is 38.7 Å². The van der Waals surface area contributed by atoms with Crippen LogP contribution in [0.25, 0.3) is 5.65 Å². The van der Waals surface area contributed by atoms with Gasteiger partial charge in [-0.15, -0.1) is 0 Å². The molecule has 1 saturated heterocycles. The minimum Gasteiger partial charge on any atom is -0.352 e. The van der Waals surface area contributed by atoms with Gasteiger partial charge in [-0.3, -0.25) is 0 Å². The van der Waals surface area contributed by atoms with Gasteiger partial charge in [0.05, 0.1) is 0 Å². The normalized spacial score (nSPS) is 23.4. The molecule has 7 nitrogen and oxygen atoms in total. The number of hydrogen-bond donors (Lipinski definition) is 2. The second-order valence-electron chi connectivity index (χ2n) is 5.15. The molecule has 2 unspecified atom stereocenters. The molecule has 1 aliphatic rings. The monoisotopic (exact) mass is 262 g/mol. The fourth-order valence-corrected chi connectivity index (χ4v) is 2.88. The Morgan fingerprint density at radius 2 is 2.37 bits per heavy atom. The van der Waals surface area contributed by atoms with Gasteiger partial charge in [-0.25, -0.2) is 19.3 Å². The maximum absolute atomic E-state index is 11.6. The molecule has 102 valence electrons. The first-order valence-corrected chi connectivity index (χ1v) is 6.53. The van der Waals surface area contributed by atoms with Crippen LogP contribution in [0.2, 0.25) is 0 Å². The van der Waals surface area contributed by atoms with Gasteiger partial charge < -0.3 is 10.6 Å². The van der Waals surface area contributed by atoms with E-state index in [-0.39, 0.29) is 5.69 Å². The zero-order valence-corrected chi connectivity index (χ0v) is 11.1. The maximum atomic E-state index is 11.6. The van der Waals surface area contributed by atoms with Crippen LogP contribution >= 0.6 is 0 Å². The summed E-state index contributed by atoms with van der Waals surface area (Å²) in [7, 11) is 0. The van der Waals surface area contributed by atoms with Crippen LogP contribution in [0, 0.1) is 12.8 Å². The third-order valence-corrected chi connectivity index (χ3v) is 3.97. The van der Waals surface area contributed by atoms with E-state index in [1.807, 2.05) is 13.0 Å². The molecule has 0 aliphatic carbocycles. The van der Waals surface area contributed by atoms with Crippen molar-refractivity contribution in [1.82, 2.24) is 19.6 Å². The molecular formula is C12H18N6O. The van der Waals surface area contributed by atoms with Crippen molar-refractivity contribution in [2.45, 2.75) is 26.3 Å². The van der Waals surface area contributed by atoms with E-state index in [9.17, 15) is 4.79 Å². The first-order valence-electron chi connectivity index (χ1n) is 6.53. The molecule has 3 rings (SSSR count). The number of nitrogens with zero attached hydrogens (tertiary/aromatic N) is 4. The summed E-state index contributed by atoms with van der Waals surface area (Å²) in [6.45, 7) is 5.58. The molecule has 0 aromatic carbocycles. The summed E-state index contributed by atoms with van der Waals surface area (Å²) >= 11 is 0. The highest BCUT2D eigenvalue weighted by Crippen LogP contribution is 2.28. The fourth-order valence-electron chi connectivity index (χ4n) is 2.88. The summed E-state index contributed by atoms with van der Waals surface area (Å²) in [5, 5.41) is 6.45. The quantitative estimate of drug-likeness (QED) is 0.788. The van der Waals surface area contributed by atoms with Crippen molar-refractivity contribution in [3.05, 3.63) is 22.4 Å². The van der Waals surface area contributed by atoms with Crippen molar-refractivity contribution in [3.63, 3.8) is 0 Å². The standard InChI is InChI=1S/C12H18N6O/c1-7-3-4-17(9(7)6-13)10-5-11-15-16-12(19)18(11)8(2)14-10/h5,7,9H,3-4,6,13H2,1-2H3,(H,16,19). The first-order chi connectivity index (χ1) is 9.11. The first kappa shape index (κ1) is 12.2. The third-order valence-electron chi connectivity index (χ3n) is 3.97. The number of fused-ring (bicyclic) bond motifs is 1. The number of nitrogens with one attached hydrogen (secondary N) is 1. The third kappa shape index (κ3) is 1.81. The maximum Gasteiger partial charge on any atom is 0.349 e. The molecule has 7 heteroatoms. The lowest BCUT2D eigenvalue weighted by Gasteiger charge is -2.26. The molecule has 2 aromatic heterocycles. The van der Waals surface area contributed by atoms with Crippen molar-refractivity contribution in [1.29, 1.82) is 0 Å². The Hall–Kier alpha value is -1.89. The second-order valence-corrected chi connectivity index (χ2v) is 5.15. The highest BCUT2D eigenvalue weighted by atomic mass is 16.1. The Balaban J connectivity index is 2.08. The van der Waals surface area contributed by atoms with E-state index in [1.54, 1.807) is 0 Å². The Morgan fingerprint density at radius 3 is 3.11 bits per heavy atom. The van der Waals surface area contributed by atoms with Crippen LogP contribution in [0.5, 0.6) is 0 Å². The van der Waals surface area contributed by atoms with E-state index in [1.165, 1.54) is 4.40 Å². The summed E-state index contributed by atoms with van der Waals surface area (Å²) in [5.74, 6) is 2.05. The number of aryl methyl sites for hydroxylation is 1. The summed E-state index contributed by atoms with van der Waals surface area (Å²) in [5.41, 5.74) is 6.21. The van der Waals surface area contributed by atoms with Gasteiger partial charge in [0.15, 0.2) is 5.65 Å². The minimum absolute atomic E-state index is 0.253. The molecule has 3 heterocycles. The molecule has 0 spiro atoms. The number of rotatable bonds is 2. The highest BCUT2D eigenvalue weighted by Gasteiger charge is 2.31. The molecule has 0 amide bonds. The van der Waals surface area contributed by atoms with Gasteiger partial charge >= 0.3 is 5.69 Å². The van der Waals surface area contributed by atoms with Gasteiger partial charge in [0.25, 0.3) is 0 Å². The Bertz CT molecular complexity index is 660. The number of anilines is 1. The average molecular weight is 262 g/mol. The van der Waals surface area contributed by atoms with Crippen LogP contribution in [0.1, 0.15) is 19.2 Å². The largest absolute Gasteiger partial charge is 0.352 e. The smallest absolute Gasteiger partial charge is 0.349 e. The summed E-state index contributed by atoms with van der Waals surface area (Å²) < 4.78 is 1.47. The molecule has 2 atom stereocenters. The van der Waals surface area contributed by atoms with E-state index in [0.29, 0.717) is 30.0 Å². The lowest BCUT2D eigenvalue weighted by atomic mass is 10.0. The summed E-state index contributed by atoms with van der Waals surface area (Å²) in [4.78, 5) is 18.3. The number of aromatic nitrogens is 4. The molecule has 19 heavy (non-hydrogen) atoms. The predicted molar refractivity (Wildman–Crippen MR) is 72.3 cm³/mol. The van der Waals surface area contributed by atoms with Crippen LogP contribution in [0.4, 0.5) is 5.82 Å². The van der Waals surface area contributed by atoms with E-state index in [0.717, 1.165) is 18.8 Å². The van der Waals surface area contributed by atoms with Gasteiger partial charge in [-0.1, -0.05) is 6.92 Å². The molecule has 0 bridgehead atoms. The molecule has 3 N–H and O–H groups in total. The predicted octanol–water partition coefficient (Wildman–Crippen LogP) is -0.100. The van der Waals surface area contributed by atoms with Crippen LogP contribution < -0.4 is 16.3 Å². The molecule has 1 fully saturated rings. The van der Waals surface area contributed by atoms with Gasteiger partial charge in [-0.05, 0) is 19.3 Å². The Morgan fingerprint density at radius 1 is 1.58 bits per heavy atom. The molecule has 1 aliphatic heterocycles. The zero-order valence-electron chi connectivity index (χ0n) is 11.1. The number of nitrogens with two attached hydrogens (primary N) is 1. The van der Waals surface area contributed by atoms with Gasteiger partial charge in [-0.2, -0.15) is 5.10 Å². The highest BCUT2D eigenvalue weighted by molar-refractivity contribution is 5.52. The van der Waals surface area contributed by atoms with Crippen molar-refractivity contribution < 1.29 is 0 Å². The lowest BCUT2D eigenvalue weighted by molar-refractivity contribution is 0.517. The van der Waals surface area contributed by atoms with Crippen LogP contribution in [-0.2, 0) is 0 Å². The van der Waals surface area contributed by atoms with Gasteiger partial charge in [0.2, 0.25) is 0 Å². The van der Waals surface area contributed by atoms with Crippen molar-refractivity contribution in [2.24, 2.45) is 11.7 Å². The second kappa shape index (κ2) is 4.34. The molecular weight excluding hydrogens is 244 g/mol. The zero-order chi connectivity index (χ0) is 13.6. The SMILES string of the molecule is Cc1nc(N2CCC(C)C2CN)cc2n[nH]c(=O)n12. The Kier molecular flexibility index (Phi) is 2.78. The number of H-pyrrole nitrogens is 1. The van der Waals surface area contributed by atoms with E-state index in [4.69, 9.17) is 5.73 Å². The topological polar surface area (TPSA) is 92.3 Å².